The summed E-state index contributed by atoms with van der Waals surface area (Å²) >= 11 is 0. The number of hydrogen-bond acceptors (Lipinski definition) is 6. The van der Waals surface area contributed by atoms with Crippen LogP contribution in [-0.2, 0) is 9.53 Å². The first-order valence-electron chi connectivity index (χ1n) is 18.1. The third-order valence-electron chi connectivity index (χ3n) is 8.30. The molecule has 250 valence electrons. The lowest BCUT2D eigenvalue weighted by Gasteiger charge is -2.16. The molecule has 0 aromatic heterocycles. The van der Waals surface area contributed by atoms with E-state index in [9.17, 15) is 15.0 Å². The maximum absolute atomic E-state index is 12.0. The topological polar surface area (TPSA) is 113 Å². The Balaban J connectivity index is 3.56. The molecule has 0 aromatic rings. The Morgan fingerprint density at radius 2 is 1.02 bits per heavy atom. The second-order valence-corrected chi connectivity index (χ2v) is 12.5. The van der Waals surface area contributed by atoms with Crippen LogP contribution in [0.4, 0.5) is 0 Å². The van der Waals surface area contributed by atoms with E-state index in [4.69, 9.17) is 15.6 Å². The Hall–Kier alpha value is -0.950. The molecule has 0 saturated heterocycles. The molecule has 0 rings (SSSR count). The maximum Gasteiger partial charge on any atom is 0.305 e. The molecule has 0 radical (unpaired) electrons. The zero-order chi connectivity index (χ0) is 30.9. The molecule has 0 fully saturated rings. The first kappa shape index (κ1) is 41.0. The summed E-state index contributed by atoms with van der Waals surface area (Å²) in [6, 6.07) is -0.688. The van der Waals surface area contributed by atoms with Crippen LogP contribution >= 0.6 is 0 Å². The van der Waals surface area contributed by atoms with Gasteiger partial charge in [0.2, 0.25) is 0 Å². The fraction of sp³-hybridized carbons (Fsp3) is 0.917. The summed E-state index contributed by atoms with van der Waals surface area (Å²) in [5, 5.41) is 29.2. The molecule has 42 heavy (non-hydrogen) atoms. The Morgan fingerprint density at radius 3 is 1.48 bits per heavy atom. The van der Waals surface area contributed by atoms with E-state index >= 15 is 0 Å². The summed E-state index contributed by atoms with van der Waals surface area (Å²) in [7, 11) is 0. The Morgan fingerprint density at radius 1 is 0.619 bits per heavy atom. The standard InChI is InChI=1S/C36H71NO5/c1-2-3-4-5-6-7-15-18-21-24-27-33(39)29-30-35(40)34(37)32-42-36(41)28-25-22-19-16-13-11-9-8-10-12-14-17-20-23-26-31-38/h29-30,33-35,38-40H,2-28,31-32,37H2,1H3/b30-29+. The smallest absolute Gasteiger partial charge is 0.305 e. The highest BCUT2D eigenvalue weighted by atomic mass is 16.5. The highest BCUT2D eigenvalue weighted by Crippen LogP contribution is 2.15. The van der Waals surface area contributed by atoms with Crippen LogP contribution in [-0.4, -0.2) is 52.8 Å². The number of esters is 1. The minimum atomic E-state index is -0.942. The van der Waals surface area contributed by atoms with Crippen LogP contribution in [0.1, 0.15) is 180 Å². The summed E-state index contributed by atoms with van der Waals surface area (Å²) in [5.41, 5.74) is 5.98. The van der Waals surface area contributed by atoms with Crippen molar-refractivity contribution in [1.82, 2.24) is 0 Å². The van der Waals surface area contributed by atoms with Gasteiger partial charge in [-0.25, -0.2) is 0 Å². The molecule has 0 saturated carbocycles. The highest BCUT2D eigenvalue weighted by Gasteiger charge is 2.15. The first-order valence-corrected chi connectivity index (χ1v) is 18.1. The third kappa shape index (κ3) is 30.5. The number of hydrogen-bond donors (Lipinski definition) is 4. The second kappa shape index (κ2) is 33.0. The van der Waals surface area contributed by atoms with Crippen molar-refractivity contribution < 1.29 is 24.9 Å². The minimum Gasteiger partial charge on any atom is -0.464 e. The Bertz CT molecular complexity index is 585. The van der Waals surface area contributed by atoms with Gasteiger partial charge in [0.15, 0.2) is 0 Å². The number of carbonyl (C=O) groups is 1. The number of carbonyl (C=O) groups excluding carboxylic acids is 1. The van der Waals surface area contributed by atoms with Gasteiger partial charge in [-0.2, -0.15) is 0 Å². The van der Waals surface area contributed by atoms with Crippen LogP contribution < -0.4 is 5.73 Å². The number of aliphatic hydroxyl groups excluding tert-OH is 3. The quantitative estimate of drug-likeness (QED) is 0.0342. The molecule has 6 nitrogen and oxygen atoms in total. The molecular weight excluding hydrogens is 526 g/mol. The molecule has 0 aromatic carbocycles. The molecule has 0 amide bonds. The highest BCUT2D eigenvalue weighted by molar-refractivity contribution is 5.69. The van der Waals surface area contributed by atoms with Gasteiger partial charge < -0.3 is 25.8 Å². The van der Waals surface area contributed by atoms with Gasteiger partial charge in [-0.15, -0.1) is 0 Å². The van der Waals surface area contributed by atoms with E-state index in [1.54, 1.807) is 6.08 Å². The van der Waals surface area contributed by atoms with Gasteiger partial charge >= 0.3 is 5.97 Å². The average molecular weight is 598 g/mol. The minimum absolute atomic E-state index is 0.0113. The van der Waals surface area contributed by atoms with Crippen LogP contribution in [0.25, 0.3) is 0 Å². The molecule has 6 heteroatoms. The predicted octanol–water partition coefficient (Wildman–Crippen LogP) is 8.68. The van der Waals surface area contributed by atoms with Gasteiger partial charge in [-0.05, 0) is 19.3 Å². The fourth-order valence-corrected chi connectivity index (χ4v) is 5.36. The number of nitrogens with two attached hydrogens (primary N) is 1. The Kier molecular flexibility index (Phi) is 32.2. The van der Waals surface area contributed by atoms with E-state index in [2.05, 4.69) is 6.92 Å². The van der Waals surface area contributed by atoms with Crippen molar-refractivity contribution in [3.05, 3.63) is 12.2 Å². The largest absolute Gasteiger partial charge is 0.464 e. The number of unbranched alkanes of at least 4 members (excludes halogenated alkanes) is 23. The molecule has 5 N–H and O–H groups in total. The van der Waals surface area contributed by atoms with E-state index in [1.807, 2.05) is 0 Å². The molecule has 0 spiro atoms. The molecular formula is C36H71NO5. The first-order chi connectivity index (χ1) is 20.5. The number of aliphatic hydroxyl groups is 3. The van der Waals surface area contributed by atoms with Crippen molar-refractivity contribution in [3.8, 4) is 0 Å². The van der Waals surface area contributed by atoms with E-state index in [0.29, 0.717) is 19.4 Å². The summed E-state index contributed by atoms with van der Waals surface area (Å²) in [6.45, 7) is 2.57. The molecule has 0 aliphatic carbocycles. The average Bonchev–Trinajstić information content (AvgIpc) is 2.99. The summed E-state index contributed by atoms with van der Waals surface area (Å²) < 4.78 is 5.26. The Labute approximate surface area is 260 Å². The zero-order valence-corrected chi connectivity index (χ0v) is 27.6. The van der Waals surface area contributed by atoms with E-state index in [1.165, 1.54) is 128 Å². The summed E-state index contributed by atoms with van der Waals surface area (Å²) in [4.78, 5) is 12.0. The van der Waals surface area contributed by atoms with Crippen molar-refractivity contribution in [3.63, 3.8) is 0 Å². The van der Waals surface area contributed by atoms with Crippen LogP contribution in [0.15, 0.2) is 12.2 Å². The monoisotopic (exact) mass is 598 g/mol. The lowest BCUT2D eigenvalue weighted by molar-refractivity contribution is -0.144. The van der Waals surface area contributed by atoms with Crippen LogP contribution in [0.3, 0.4) is 0 Å². The SMILES string of the molecule is CCCCCCCCCCCCC(O)/C=C/C(O)C(N)COC(=O)CCCCCCCCCCCCCCCCCO. The number of rotatable bonds is 33. The van der Waals surface area contributed by atoms with Crippen molar-refractivity contribution in [2.45, 2.75) is 199 Å². The van der Waals surface area contributed by atoms with Crippen LogP contribution in [0.5, 0.6) is 0 Å². The van der Waals surface area contributed by atoms with Crippen LogP contribution in [0, 0.1) is 0 Å². The third-order valence-corrected chi connectivity index (χ3v) is 8.30. The summed E-state index contributed by atoms with van der Waals surface area (Å²) in [5.74, 6) is -0.254. The molecule has 0 aliphatic rings. The lowest BCUT2D eigenvalue weighted by atomic mass is 10.0. The van der Waals surface area contributed by atoms with Crippen molar-refractivity contribution in [2.24, 2.45) is 5.73 Å². The maximum atomic E-state index is 12.0. The van der Waals surface area contributed by atoms with Gasteiger partial charge in [0.25, 0.3) is 0 Å². The molecule has 3 unspecified atom stereocenters. The molecule has 0 heterocycles. The lowest BCUT2D eigenvalue weighted by Crippen LogP contribution is -2.38. The predicted molar refractivity (Wildman–Crippen MR) is 178 cm³/mol. The number of ether oxygens (including phenoxy) is 1. The summed E-state index contributed by atoms with van der Waals surface area (Å²) in [6.07, 6.45) is 33.6. The van der Waals surface area contributed by atoms with Gasteiger partial charge in [-0.1, -0.05) is 167 Å². The fourth-order valence-electron chi connectivity index (χ4n) is 5.36. The van der Waals surface area contributed by atoms with Gasteiger partial charge in [0, 0.05) is 13.0 Å². The van der Waals surface area contributed by atoms with Crippen LogP contribution in [0.2, 0.25) is 0 Å². The van der Waals surface area contributed by atoms with Crippen molar-refractivity contribution in [2.75, 3.05) is 13.2 Å². The normalized spacial score (nSPS) is 13.9. The molecule has 0 bridgehead atoms. The van der Waals surface area contributed by atoms with Gasteiger partial charge in [0.05, 0.1) is 18.2 Å². The van der Waals surface area contributed by atoms with E-state index < -0.39 is 18.2 Å². The van der Waals surface area contributed by atoms with Crippen molar-refractivity contribution >= 4 is 5.97 Å². The second-order valence-electron chi connectivity index (χ2n) is 12.5. The van der Waals surface area contributed by atoms with E-state index in [-0.39, 0.29) is 12.6 Å². The molecule has 0 aliphatic heterocycles. The van der Waals surface area contributed by atoms with Gasteiger partial charge in [0.1, 0.15) is 6.61 Å². The molecule has 3 atom stereocenters. The van der Waals surface area contributed by atoms with Gasteiger partial charge in [-0.3, -0.25) is 4.79 Å². The zero-order valence-electron chi connectivity index (χ0n) is 27.6. The van der Waals surface area contributed by atoms with E-state index in [0.717, 1.165) is 38.5 Å². The van der Waals surface area contributed by atoms with Crippen molar-refractivity contribution in [1.29, 1.82) is 0 Å².